The first-order valence-electron chi connectivity index (χ1n) is 2.96. The van der Waals surface area contributed by atoms with Gasteiger partial charge in [0.05, 0.1) is 0 Å². The Morgan fingerprint density at radius 3 is 2.45 bits per heavy atom. The van der Waals surface area contributed by atoms with Crippen molar-refractivity contribution in [3.63, 3.8) is 0 Å². The third-order valence-corrected chi connectivity index (χ3v) is 1.61. The second kappa shape index (κ2) is 3.25. The van der Waals surface area contributed by atoms with Gasteiger partial charge in [0.25, 0.3) is 0 Å². The average Bonchev–Trinajstić information content (AvgIpc) is 1.94. The van der Waals surface area contributed by atoms with Gasteiger partial charge in [0.15, 0.2) is 0 Å². The number of halogens is 1. The van der Waals surface area contributed by atoms with E-state index in [0.29, 0.717) is 0 Å². The molecule has 1 rings (SSSR count). The fourth-order valence-corrected chi connectivity index (χ4v) is 0.914. The molecule has 0 atom stereocenters. The minimum absolute atomic E-state index is 0.107. The molecule has 0 bridgehead atoms. The van der Waals surface area contributed by atoms with Crippen LogP contribution in [0.3, 0.4) is 0 Å². The van der Waals surface area contributed by atoms with Gasteiger partial charge in [-0.2, -0.15) is 0 Å². The molecular formula is C6H6BFO2S. The highest BCUT2D eigenvalue weighted by Crippen LogP contribution is 2.08. The molecule has 0 aliphatic carbocycles. The molecule has 11 heavy (non-hydrogen) atoms. The van der Waals surface area contributed by atoms with Gasteiger partial charge >= 0.3 is 7.12 Å². The number of thiol groups is 1. The summed E-state index contributed by atoms with van der Waals surface area (Å²) in [4.78, 5) is 0.107. The topological polar surface area (TPSA) is 40.5 Å². The van der Waals surface area contributed by atoms with Crippen LogP contribution in [0.25, 0.3) is 0 Å². The highest BCUT2D eigenvalue weighted by atomic mass is 32.1. The third kappa shape index (κ3) is 1.96. The molecule has 0 saturated carbocycles. The zero-order valence-electron chi connectivity index (χ0n) is 5.53. The van der Waals surface area contributed by atoms with Gasteiger partial charge in [0.2, 0.25) is 0 Å². The van der Waals surface area contributed by atoms with Gasteiger partial charge in [-0.05, 0) is 17.6 Å². The Balaban J connectivity index is 3.05. The first-order chi connectivity index (χ1) is 5.11. The Labute approximate surface area is 69.2 Å². The monoisotopic (exact) mass is 172 g/mol. The van der Waals surface area contributed by atoms with E-state index in [1.54, 1.807) is 0 Å². The van der Waals surface area contributed by atoms with E-state index in [0.717, 1.165) is 6.07 Å². The van der Waals surface area contributed by atoms with Crippen LogP contribution in [0.5, 0.6) is 0 Å². The molecule has 1 aromatic rings. The molecule has 58 valence electrons. The van der Waals surface area contributed by atoms with Crippen LogP contribution in [0.4, 0.5) is 4.39 Å². The largest absolute Gasteiger partial charge is 0.488 e. The minimum Gasteiger partial charge on any atom is -0.423 e. The van der Waals surface area contributed by atoms with Crippen molar-refractivity contribution in [1.82, 2.24) is 0 Å². The Morgan fingerprint density at radius 2 is 2.00 bits per heavy atom. The van der Waals surface area contributed by atoms with Crippen molar-refractivity contribution < 1.29 is 14.4 Å². The van der Waals surface area contributed by atoms with Gasteiger partial charge in [-0.15, -0.1) is 12.6 Å². The van der Waals surface area contributed by atoms with Crippen LogP contribution >= 0.6 is 12.6 Å². The smallest absolute Gasteiger partial charge is 0.423 e. The molecule has 0 spiro atoms. The molecule has 0 unspecified atom stereocenters. The number of benzene rings is 1. The molecule has 2 nitrogen and oxygen atoms in total. The summed E-state index contributed by atoms with van der Waals surface area (Å²) in [6.45, 7) is 0. The van der Waals surface area contributed by atoms with Crippen LogP contribution in [0.2, 0.25) is 0 Å². The average molecular weight is 172 g/mol. The van der Waals surface area contributed by atoms with Crippen molar-refractivity contribution in [2.75, 3.05) is 0 Å². The first kappa shape index (κ1) is 8.58. The highest BCUT2D eigenvalue weighted by Gasteiger charge is 2.11. The van der Waals surface area contributed by atoms with E-state index in [2.05, 4.69) is 12.6 Å². The summed E-state index contributed by atoms with van der Waals surface area (Å²) in [5.74, 6) is -0.474. The first-order valence-corrected chi connectivity index (χ1v) is 3.40. The predicted octanol–water partition coefficient (Wildman–Crippen LogP) is -0.206. The predicted molar refractivity (Wildman–Crippen MR) is 43.5 cm³/mol. The van der Waals surface area contributed by atoms with Crippen molar-refractivity contribution in [3.05, 3.63) is 24.0 Å². The fraction of sp³-hybridized carbons (Fsp3) is 0. The fourth-order valence-electron chi connectivity index (χ4n) is 0.690. The maximum Gasteiger partial charge on any atom is 0.488 e. The van der Waals surface area contributed by atoms with Gasteiger partial charge in [-0.3, -0.25) is 0 Å². The zero-order valence-corrected chi connectivity index (χ0v) is 6.42. The van der Waals surface area contributed by atoms with Crippen molar-refractivity contribution in [3.8, 4) is 0 Å². The molecular weight excluding hydrogens is 166 g/mol. The molecule has 0 radical (unpaired) electrons. The highest BCUT2D eigenvalue weighted by molar-refractivity contribution is 7.80. The summed E-state index contributed by atoms with van der Waals surface area (Å²) in [7, 11) is -1.57. The Kier molecular flexibility index (Phi) is 2.54. The molecule has 0 aliphatic heterocycles. The molecule has 0 aliphatic rings. The Hall–Kier alpha value is -0.515. The Morgan fingerprint density at radius 1 is 1.36 bits per heavy atom. The van der Waals surface area contributed by atoms with E-state index >= 15 is 0 Å². The normalized spacial score (nSPS) is 9.82. The van der Waals surface area contributed by atoms with Crippen LogP contribution < -0.4 is 5.46 Å². The number of hydrogen-bond donors (Lipinski definition) is 3. The Bertz CT molecular complexity index is 267. The van der Waals surface area contributed by atoms with Crippen molar-refractivity contribution in [2.24, 2.45) is 0 Å². The maximum atomic E-state index is 12.5. The summed E-state index contributed by atoms with van der Waals surface area (Å²) in [6, 6.07) is 3.69. The molecule has 0 aromatic heterocycles. The van der Waals surface area contributed by atoms with E-state index in [1.165, 1.54) is 12.1 Å². The van der Waals surface area contributed by atoms with Gasteiger partial charge in [0.1, 0.15) is 5.82 Å². The van der Waals surface area contributed by atoms with Gasteiger partial charge < -0.3 is 10.0 Å². The second-order valence-electron chi connectivity index (χ2n) is 2.08. The molecule has 0 amide bonds. The molecule has 2 N–H and O–H groups in total. The van der Waals surface area contributed by atoms with Crippen molar-refractivity contribution in [2.45, 2.75) is 4.90 Å². The van der Waals surface area contributed by atoms with Gasteiger partial charge in [0, 0.05) is 4.90 Å². The van der Waals surface area contributed by atoms with Gasteiger partial charge in [-0.1, -0.05) is 6.07 Å². The SMILES string of the molecule is OB(O)c1ccc(F)c(S)c1. The summed E-state index contributed by atoms with van der Waals surface area (Å²) in [5.41, 5.74) is 0.233. The number of rotatable bonds is 1. The summed E-state index contributed by atoms with van der Waals surface area (Å²) in [5, 5.41) is 17.3. The van der Waals surface area contributed by atoms with Crippen LogP contribution in [0, 0.1) is 5.82 Å². The lowest BCUT2D eigenvalue weighted by Crippen LogP contribution is -2.29. The third-order valence-electron chi connectivity index (χ3n) is 1.27. The minimum atomic E-state index is -1.57. The molecule has 0 fully saturated rings. The van der Waals surface area contributed by atoms with Crippen LogP contribution in [0.1, 0.15) is 0 Å². The zero-order chi connectivity index (χ0) is 8.43. The van der Waals surface area contributed by atoms with E-state index < -0.39 is 12.9 Å². The quantitative estimate of drug-likeness (QED) is 0.405. The lowest BCUT2D eigenvalue weighted by molar-refractivity contribution is 0.425. The summed E-state index contributed by atoms with van der Waals surface area (Å²) < 4.78 is 12.5. The van der Waals surface area contributed by atoms with Crippen molar-refractivity contribution >= 4 is 25.2 Å². The summed E-state index contributed by atoms with van der Waals surface area (Å²) in [6.07, 6.45) is 0. The van der Waals surface area contributed by atoms with E-state index in [1.807, 2.05) is 0 Å². The van der Waals surface area contributed by atoms with Crippen LogP contribution in [-0.4, -0.2) is 17.2 Å². The lowest BCUT2D eigenvalue weighted by Gasteiger charge is -1.99. The maximum absolute atomic E-state index is 12.5. The van der Waals surface area contributed by atoms with Gasteiger partial charge in [-0.25, -0.2) is 4.39 Å². The van der Waals surface area contributed by atoms with E-state index in [9.17, 15) is 4.39 Å². The van der Waals surface area contributed by atoms with Crippen molar-refractivity contribution in [1.29, 1.82) is 0 Å². The lowest BCUT2D eigenvalue weighted by atomic mass is 9.80. The van der Waals surface area contributed by atoms with E-state index in [-0.39, 0.29) is 10.4 Å². The van der Waals surface area contributed by atoms with Crippen LogP contribution in [0.15, 0.2) is 23.1 Å². The second-order valence-corrected chi connectivity index (χ2v) is 2.57. The van der Waals surface area contributed by atoms with Crippen LogP contribution in [-0.2, 0) is 0 Å². The standard InChI is InChI=1S/C6H6BFO2S/c8-5-2-1-4(7(9)10)3-6(5)11/h1-3,9-11H. The molecule has 5 heteroatoms. The molecule has 0 saturated heterocycles. The van der Waals surface area contributed by atoms with E-state index in [4.69, 9.17) is 10.0 Å². The summed E-state index contributed by atoms with van der Waals surface area (Å²) >= 11 is 3.76. The molecule has 0 heterocycles. The number of hydrogen-bond acceptors (Lipinski definition) is 3. The molecule has 1 aromatic carbocycles.